The molecule has 3 aliphatic rings. The lowest BCUT2D eigenvalue weighted by Gasteiger charge is -2.42. The average molecular weight is 538 g/mol. The molecule has 2 aromatic carbocycles. The summed E-state index contributed by atoms with van der Waals surface area (Å²) in [6, 6.07) is 8.45. The molecule has 2 saturated heterocycles. The lowest BCUT2D eigenvalue weighted by molar-refractivity contribution is 0.112. The highest BCUT2D eigenvalue weighted by atomic mass is 19.1. The van der Waals surface area contributed by atoms with E-state index in [2.05, 4.69) is 19.8 Å². The largest absolute Gasteiger partial charge is 0.493 e. The van der Waals surface area contributed by atoms with Crippen LogP contribution in [-0.4, -0.2) is 53.7 Å². The first-order chi connectivity index (χ1) is 18.9. The fraction of sp³-hybridized carbons (Fsp3) is 0.533. The molecule has 0 atom stereocenters. The van der Waals surface area contributed by atoms with Gasteiger partial charge in [0.05, 0.1) is 17.8 Å². The fourth-order valence-electron chi connectivity index (χ4n) is 6.15. The van der Waals surface area contributed by atoms with Crippen LogP contribution in [0.4, 0.5) is 20.2 Å². The van der Waals surface area contributed by atoms with Crippen molar-refractivity contribution in [3.8, 4) is 5.75 Å². The van der Waals surface area contributed by atoms with Gasteiger partial charge in [-0.3, -0.25) is 4.79 Å². The third-order valence-corrected chi connectivity index (χ3v) is 8.70. The first kappa shape index (κ1) is 26.0. The van der Waals surface area contributed by atoms with Crippen LogP contribution in [0.2, 0.25) is 0 Å². The molecular formula is C30H37F2N5O2. The molecule has 208 valence electrons. The number of anilines is 2. The molecular weight excluding hydrogens is 500 g/mol. The van der Waals surface area contributed by atoms with Crippen LogP contribution in [0.15, 0.2) is 35.1 Å². The lowest BCUT2D eigenvalue weighted by Crippen LogP contribution is -2.48. The highest BCUT2D eigenvalue weighted by Gasteiger charge is 2.29. The summed E-state index contributed by atoms with van der Waals surface area (Å²) < 4.78 is 34.7. The van der Waals surface area contributed by atoms with Gasteiger partial charge in [0.1, 0.15) is 28.6 Å². The van der Waals surface area contributed by atoms with Crippen molar-refractivity contribution >= 4 is 22.3 Å². The topological polar surface area (TPSA) is 87.5 Å². The summed E-state index contributed by atoms with van der Waals surface area (Å²) in [7, 11) is 0. The van der Waals surface area contributed by atoms with Crippen molar-refractivity contribution in [1.82, 2.24) is 14.9 Å². The number of H-pyrrole nitrogens is 1. The number of rotatable bonds is 8. The van der Waals surface area contributed by atoms with Crippen molar-refractivity contribution in [1.29, 1.82) is 0 Å². The van der Waals surface area contributed by atoms with Crippen molar-refractivity contribution in [2.45, 2.75) is 57.4 Å². The fourth-order valence-corrected chi connectivity index (χ4v) is 6.15. The molecule has 3 aromatic rings. The van der Waals surface area contributed by atoms with Gasteiger partial charge in [-0.15, -0.1) is 0 Å². The second kappa shape index (κ2) is 11.1. The van der Waals surface area contributed by atoms with Crippen LogP contribution in [0.25, 0.3) is 10.9 Å². The Morgan fingerprint density at radius 3 is 2.44 bits per heavy atom. The van der Waals surface area contributed by atoms with Crippen LogP contribution >= 0.6 is 0 Å². The number of ether oxygens (including phenoxy) is 1. The number of hydrogen-bond donors (Lipinski definition) is 2. The van der Waals surface area contributed by atoms with E-state index in [9.17, 15) is 13.6 Å². The predicted molar refractivity (Wildman–Crippen MR) is 149 cm³/mol. The number of fused-ring (bicyclic) bond motifs is 1. The molecule has 3 heterocycles. The van der Waals surface area contributed by atoms with E-state index in [1.54, 1.807) is 18.2 Å². The Labute approximate surface area is 227 Å². The maximum absolute atomic E-state index is 14.6. The van der Waals surface area contributed by atoms with Crippen LogP contribution in [-0.2, 0) is 6.42 Å². The zero-order valence-electron chi connectivity index (χ0n) is 22.3. The number of aromatic amines is 1. The molecule has 1 aromatic heterocycles. The van der Waals surface area contributed by atoms with Gasteiger partial charge in [0.15, 0.2) is 0 Å². The van der Waals surface area contributed by atoms with E-state index in [1.807, 2.05) is 0 Å². The minimum atomic E-state index is -0.588. The minimum absolute atomic E-state index is 0.00369. The van der Waals surface area contributed by atoms with Gasteiger partial charge < -0.3 is 25.3 Å². The quantitative estimate of drug-likeness (QED) is 0.398. The van der Waals surface area contributed by atoms with E-state index in [0.717, 1.165) is 71.1 Å². The molecule has 6 rings (SSSR count). The molecule has 9 heteroatoms. The van der Waals surface area contributed by atoms with Gasteiger partial charge in [-0.2, -0.15) is 0 Å². The van der Waals surface area contributed by atoms with E-state index in [4.69, 9.17) is 10.5 Å². The van der Waals surface area contributed by atoms with Crippen molar-refractivity contribution < 1.29 is 13.5 Å². The van der Waals surface area contributed by atoms with E-state index in [1.165, 1.54) is 12.1 Å². The Hall–Kier alpha value is -3.20. The molecule has 3 N–H and O–H groups in total. The summed E-state index contributed by atoms with van der Waals surface area (Å²) in [5.41, 5.74) is 6.73. The Morgan fingerprint density at radius 1 is 0.949 bits per heavy atom. The summed E-state index contributed by atoms with van der Waals surface area (Å²) >= 11 is 0. The number of aryl methyl sites for hydroxylation is 1. The zero-order valence-corrected chi connectivity index (χ0v) is 22.3. The summed E-state index contributed by atoms with van der Waals surface area (Å²) in [6.45, 7) is 4.39. The molecule has 1 saturated carbocycles. The summed E-state index contributed by atoms with van der Waals surface area (Å²) in [5.74, 6) is 1.34. The predicted octanol–water partition coefficient (Wildman–Crippen LogP) is 4.89. The molecule has 2 aliphatic heterocycles. The highest BCUT2D eigenvalue weighted by Crippen LogP contribution is 2.31. The number of nitrogens with two attached hydrogens (primary N) is 1. The highest BCUT2D eigenvalue weighted by molar-refractivity contribution is 5.79. The molecule has 1 aliphatic carbocycles. The number of aromatic nitrogens is 2. The van der Waals surface area contributed by atoms with E-state index in [0.29, 0.717) is 59.4 Å². The van der Waals surface area contributed by atoms with Crippen LogP contribution < -0.4 is 20.9 Å². The number of halogens is 2. The Morgan fingerprint density at radius 2 is 1.72 bits per heavy atom. The number of piperidine rings is 2. The van der Waals surface area contributed by atoms with Crippen LogP contribution in [0.1, 0.15) is 50.8 Å². The van der Waals surface area contributed by atoms with E-state index in [-0.39, 0.29) is 11.2 Å². The molecule has 0 bridgehead atoms. The third kappa shape index (κ3) is 6.03. The van der Waals surface area contributed by atoms with Gasteiger partial charge in [0.2, 0.25) is 0 Å². The Bertz CT molecular complexity index is 1380. The molecule has 0 unspecified atom stereocenters. The van der Waals surface area contributed by atoms with Gasteiger partial charge in [0, 0.05) is 43.4 Å². The van der Waals surface area contributed by atoms with Gasteiger partial charge in [-0.1, -0.05) is 0 Å². The second-order valence-electron chi connectivity index (χ2n) is 11.5. The molecule has 39 heavy (non-hydrogen) atoms. The molecule has 0 radical (unpaired) electrons. The number of nitrogens with zero attached hydrogens (tertiary/aromatic N) is 3. The van der Waals surface area contributed by atoms with Crippen LogP contribution in [0.3, 0.4) is 0 Å². The van der Waals surface area contributed by atoms with Crippen LogP contribution in [0, 0.1) is 23.5 Å². The second-order valence-corrected chi connectivity index (χ2v) is 11.5. The van der Waals surface area contributed by atoms with Crippen molar-refractivity contribution in [3.63, 3.8) is 0 Å². The molecule has 7 nitrogen and oxygen atoms in total. The number of nitrogens with one attached hydrogen (secondary N) is 1. The number of likely N-dealkylation sites (tertiary alicyclic amines) is 1. The summed E-state index contributed by atoms with van der Waals surface area (Å²) in [5, 5.41) is -0.00369. The van der Waals surface area contributed by atoms with Gasteiger partial charge in [0.25, 0.3) is 5.56 Å². The number of hydrogen-bond acceptors (Lipinski definition) is 6. The van der Waals surface area contributed by atoms with Crippen molar-refractivity contribution in [2.75, 3.05) is 43.4 Å². The first-order valence-electron chi connectivity index (χ1n) is 14.3. The molecule has 3 fully saturated rings. The van der Waals surface area contributed by atoms with E-state index >= 15 is 0 Å². The van der Waals surface area contributed by atoms with Gasteiger partial charge >= 0.3 is 0 Å². The SMILES string of the molecule is Nc1ccc(N2CCC(N3CCC(CCc4nc5cc(OCC6CC6)cc(F)c5c(=O)[nH]4)CC3)CC2)c(F)c1. The van der Waals surface area contributed by atoms with Gasteiger partial charge in [-0.05, 0) is 88.1 Å². The summed E-state index contributed by atoms with van der Waals surface area (Å²) in [6.07, 6.45) is 8.19. The monoisotopic (exact) mass is 537 g/mol. The van der Waals surface area contributed by atoms with Crippen molar-refractivity contribution in [2.24, 2.45) is 11.8 Å². The normalized spacial score (nSPS) is 19.6. The van der Waals surface area contributed by atoms with Gasteiger partial charge in [-0.25, -0.2) is 13.8 Å². The number of benzene rings is 2. The zero-order chi connectivity index (χ0) is 26.9. The lowest BCUT2D eigenvalue weighted by atomic mass is 9.90. The maximum Gasteiger partial charge on any atom is 0.261 e. The third-order valence-electron chi connectivity index (χ3n) is 8.70. The average Bonchev–Trinajstić information content (AvgIpc) is 3.76. The Balaban J connectivity index is 1.00. The maximum atomic E-state index is 14.6. The number of nitrogen functional groups attached to an aromatic ring is 1. The minimum Gasteiger partial charge on any atom is -0.493 e. The standard InChI is InChI=1S/C30H37F2N5O2/c31-24-15-21(33)4-5-27(24)37-13-9-22(10-14-37)36-11-7-19(8-12-36)3-6-28-34-26-17-23(39-18-20-1-2-20)16-25(32)29(26)30(38)35-28/h4-5,15-17,19-20,22H,1-3,6-14,18,33H2,(H,34,35,38). The summed E-state index contributed by atoms with van der Waals surface area (Å²) in [4.78, 5) is 24.7. The molecule has 0 amide bonds. The first-order valence-corrected chi connectivity index (χ1v) is 14.3. The van der Waals surface area contributed by atoms with Crippen molar-refractivity contribution in [3.05, 3.63) is 58.1 Å². The Kier molecular flexibility index (Phi) is 7.42. The van der Waals surface area contributed by atoms with E-state index < -0.39 is 11.4 Å². The van der Waals surface area contributed by atoms with Crippen LogP contribution in [0.5, 0.6) is 5.75 Å². The molecule has 0 spiro atoms. The smallest absolute Gasteiger partial charge is 0.261 e.